The van der Waals surface area contributed by atoms with Crippen LogP contribution in [0.2, 0.25) is 0 Å². The number of carbonyl (C=O) groups excluding carboxylic acids is 1. The topological polar surface area (TPSA) is 34.1 Å². The third-order valence-corrected chi connectivity index (χ3v) is 6.64. The Kier molecular flexibility index (Phi) is 3.67. The molecule has 1 aliphatic heterocycles. The summed E-state index contributed by atoms with van der Waals surface area (Å²) in [4.78, 5) is 13.4. The van der Waals surface area contributed by atoms with E-state index in [4.69, 9.17) is 0 Å². The SMILES string of the molecule is Cc1cccc(C)c1C(=O)c1c(C)ccc2c1[P+](=O)c1ccccc1-2. The second-order valence-corrected chi connectivity index (χ2v) is 8.08. The lowest BCUT2D eigenvalue weighted by molar-refractivity contribution is 0.103. The Labute approximate surface area is 148 Å². The quantitative estimate of drug-likeness (QED) is 0.393. The summed E-state index contributed by atoms with van der Waals surface area (Å²) >= 11 is 0. The number of carbonyl (C=O) groups is 1. The smallest absolute Gasteiger partial charge is 0.288 e. The van der Waals surface area contributed by atoms with E-state index in [2.05, 4.69) is 0 Å². The monoisotopic (exact) mass is 345 g/mol. The third kappa shape index (κ3) is 2.29. The van der Waals surface area contributed by atoms with E-state index in [1.165, 1.54) is 0 Å². The van der Waals surface area contributed by atoms with Gasteiger partial charge in [0.25, 0.3) is 0 Å². The third-order valence-electron chi connectivity index (χ3n) is 4.94. The number of hydrogen-bond acceptors (Lipinski definition) is 2. The Hall–Kier alpha value is -2.57. The molecule has 0 aromatic heterocycles. The average molecular weight is 345 g/mol. The summed E-state index contributed by atoms with van der Waals surface area (Å²) in [7, 11) is -1.75. The van der Waals surface area contributed by atoms with Crippen LogP contribution in [-0.2, 0) is 4.57 Å². The summed E-state index contributed by atoms with van der Waals surface area (Å²) in [6.45, 7) is 5.83. The fourth-order valence-corrected chi connectivity index (χ4v) is 5.47. The molecule has 0 saturated carbocycles. The summed E-state index contributed by atoms with van der Waals surface area (Å²) in [6, 6.07) is 17.5. The first kappa shape index (κ1) is 15.9. The molecule has 3 heteroatoms. The molecule has 4 rings (SSSR count). The van der Waals surface area contributed by atoms with Gasteiger partial charge in [0, 0.05) is 16.7 Å². The van der Waals surface area contributed by atoms with E-state index in [0.29, 0.717) is 10.9 Å². The molecule has 0 spiro atoms. The minimum atomic E-state index is -1.75. The van der Waals surface area contributed by atoms with E-state index < -0.39 is 7.80 Å². The zero-order valence-corrected chi connectivity index (χ0v) is 15.4. The molecule has 0 bridgehead atoms. The van der Waals surface area contributed by atoms with E-state index in [9.17, 15) is 9.36 Å². The number of rotatable bonds is 2. The molecule has 2 nitrogen and oxygen atoms in total. The van der Waals surface area contributed by atoms with E-state index in [1.807, 2.05) is 75.4 Å². The molecule has 1 aliphatic rings. The van der Waals surface area contributed by atoms with E-state index in [0.717, 1.165) is 38.7 Å². The molecule has 122 valence electrons. The molecular formula is C22H18O2P+. The summed E-state index contributed by atoms with van der Waals surface area (Å²) in [5.41, 5.74) is 6.01. The summed E-state index contributed by atoms with van der Waals surface area (Å²) in [5.74, 6) is -0.0268. The van der Waals surface area contributed by atoms with Gasteiger partial charge in [-0.05, 0) is 55.7 Å². The lowest BCUT2D eigenvalue weighted by Gasteiger charge is -2.11. The van der Waals surface area contributed by atoms with Crippen molar-refractivity contribution in [2.24, 2.45) is 0 Å². The standard InChI is InChI=1S/C22H18O2P/c1-13-7-6-8-14(2)19(13)21(23)20-15(3)11-12-17-16-9-4-5-10-18(16)25(24)22(17)20/h4-12H,1-3H3/q+1. The van der Waals surface area contributed by atoms with Crippen LogP contribution in [0.15, 0.2) is 54.6 Å². The largest absolute Gasteiger partial charge is 0.417 e. The molecule has 1 unspecified atom stereocenters. The lowest BCUT2D eigenvalue weighted by Crippen LogP contribution is -2.18. The van der Waals surface area contributed by atoms with Gasteiger partial charge in [-0.25, -0.2) is 0 Å². The fraction of sp³-hybridized carbons (Fsp3) is 0.136. The van der Waals surface area contributed by atoms with Crippen LogP contribution < -0.4 is 10.6 Å². The van der Waals surface area contributed by atoms with Crippen molar-refractivity contribution < 1.29 is 9.36 Å². The van der Waals surface area contributed by atoms with Gasteiger partial charge in [-0.2, -0.15) is 0 Å². The van der Waals surface area contributed by atoms with E-state index in [-0.39, 0.29) is 5.78 Å². The van der Waals surface area contributed by atoms with Crippen molar-refractivity contribution in [2.45, 2.75) is 20.8 Å². The van der Waals surface area contributed by atoms with Crippen LogP contribution in [0.3, 0.4) is 0 Å². The average Bonchev–Trinajstić information content (AvgIpc) is 2.88. The highest BCUT2D eigenvalue weighted by molar-refractivity contribution is 7.63. The summed E-state index contributed by atoms with van der Waals surface area (Å²) < 4.78 is 13.2. The predicted molar refractivity (Wildman–Crippen MR) is 103 cm³/mol. The van der Waals surface area contributed by atoms with Crippen molar-refractivity contribution in [1.82, 2.24) is 0 Å². The Morgan fingerprint density at radius 2 is 1.36 bits per heavy atom. The number of aryl methyl sites for hydroxylation is 3. The van der Waals surface area contributed by atoms with Crippen LogP contribution in [-0.4, -0.2) is 5.78 Å². The second kappa shape index (κ2) is 5.75. The van der Waals surface area contributed by atoms with Crippen LogP contribution in [0.4, 0.5) is 0 Å². The van der Waals surface area contributed by atoms with Crippen molar-refractivity contribution in [3.63, 3.8) is 0 Å². The summed E-state index contributed by atoms with van der Waals surface area (Å²) in [5, 5.41) is 1.53. The van der Waals surface area contributed by atoms with Crippen molar-refractivity contribution in [1.29, 1.82) is 0 Å². The van der Waals surface area contributed by atoms with E-state index >= 15 is 0 Å². The Balaban J connectivity index is 2.00. The first-order valence-corrected chi connectivity index (χ1v) is 9.58. The molecule has 1 atom stereocenters. The van der Waals surface area contributed by atoms with E-state index in [1.54, 1.807) is 0 Å². The number of ketones is 1. The maximum atomic E-state index is 13.4. The molecule has 3 aromatic carbocycles. The van der Waals surface area contributed by atoms with Crippen molar-refractivity contribution in [3.05, 3.63) is 82.4 Å². The maximum Gasteiger partial charge on any atom is 0.417 e. The molecular weight excluding hydrogens is 327 g/mol. The van der Waals surface area contributed by atoms with Crippen LogP contribution in [0.5, 0.6) is 0 Å². The van der Waals surface area contributed by atoms with Gasteiger partial charge in [0.15, 0.2) is 5.78 Å². The van der Waals surface area contributed by atoms with Gasteiger partial charge in [0.05, 0.1) is 5.56 Å². The van der Waals surface area contributed by atoms with Crippen LogP contribution in [0, 0.1) is 20.8 Å². The fourth-order valence-electron chi connectivity index (χ4n) is 3.70. The first-order chi connectivity index (χ1) is 12.0. The molecule has 0 N–H and O–H groups in total. The Morgan fingerprint density at radius 3 is 2.08 bits per heavy atom. The number of hydrogen-bond donors (Lipinski definition) is 0. The predicted octanol–water partition coefficient (Wildman–Crippen LogP) is 4.60. The maximum absolute atomic E-state index is 13.4. The zero-order chi connectivity index (χ0) is 17.7. The lowest BCUT2D eigenvalue weighted by atomic mass is 9.90. The minimum absolute atomic E-state index is 0.0268. The van der Waals surface area contributed by atoms with Crippen molar-refractivity contribution >= 4 is 24.2 Å². The summed E-state index contributed by atoms with van der Waals surface area (Å²) in [6.07, 6.45) is 0. The van der Waals surface area contributed by atoms with Gasteiger partial charge in [-0.15, -0.1) is 0 Å². The molecule has 1 heterocycles. The highest BCUT2D eigenvalue weighted by Gasteiger charge is 2.43. The van der Waals surface area contributed by atoms with Gasteiger partial charge in [-0.1, -0.05) is 41.0 Å². The Morgan fingerprint density at radius 1 is 0.720 bits per heavy atom. The van der Waals surface area contributed by atoms with Crippen LogP contribution in [0.1, 0.15) is 32.6 Å². The molecule has 3 aromatic rings. The zero-order valence-electron chi connectivity index (χ0n) is 14.5. The van der Waals surface area contributed by atoms with Crippen molar-refractivity contribution in [2.75, 3.05) is 0 Å². The second-order valence-electron chi connectivity index (χ2n) is 6.56. The highest BCUT2D eigenvalue weighted by Crippen LogP contribution is 2.40. The molecule has 0 fully saturated rings. The van der Waals surface area contributed by atoms with Crippen molar-refractivity contribution in [3.8, 4) is 11.1 Å². The molecule has 25 heavy (non-hydrogen) atoms. The van der Waals surface area contributed by atoms with Gasteiger partial charge in [0.1, 0.15) is 0 Å². The minimum Gasteiger partial charge on any atom is -0.288 e. The first-order valence-electron chi connectivity index (χ1n) is 8.32. The number of fused-ring (bicyclic) bond motifs is 3. The highest BCUT2D eigenvalue weighted by atomic mass is 31.1. The van der Waals surface area contributed by atoms with Gasteiger partial charge < -0.3 is 0 Å². The molecule has 0 aliphatic carbocycles. The Bertz CT molecular complexity index is 1040. The van der Waals surface area contributed by atoms with Gasteiger partial charge >= 0.3 is 7.80 Å². The normalized spacial score (nSPS) is 13.5. The molecule has 0 amide bonds. The molecule has 0 saturated heterocycles. The molecule has 0 radical (unpaired) electrons. The number of benzene rings is 3. The van der Waals surface area contributed by atoms with Crippen LogP contribution in [0.25, 0.3) is 11.1 Å². The van der Waals surface area contributed by atoms with Crippen LogP contribution >= 0.6 is 7.80 Å². The van der Waals surface area contributed by atoms with Gasteiger partial charge in [-0.3, -0.25) is 4.79 Å². The van der Waals surface area contributed by atoms with Gasteiger partial charge in [0.2, 0.25) is 10.6 Å².